The quantitative estimate of drug-likeness (QED) is 0.0679. The second-order valence-corrected chi connectivity index (χ2v) is 10.8. The predicted molar refractivity (Wildman–Crippen MR) is 163 cm³/mol. The normalized spacial score (nSPS) is 13.2. The molecule has 0 aromatic heterocycles. The fraction of sp³-hybridized carbons (Fsp3) is 0.500. The lowest BCUT2D eigenvalue weighted by molar-refractivity contribution is -0.199. The number of ether oxygens (including phenoxy) is 2. The van der Waals surface area contributed by atoms with E-state index < -0.39 is 84.7 Å². The number of methoxy groups -OCH3 is 1. The van der Waals surface area contributed by atoms with E-state index in [-0.39, 0.29) is 25.9 Å². The van der Waals surface area contributed by atoms with E-state index in [9.17, 15) is 43.5 Å². The van der Waals surface area contributed by atoms with E-state index in [1.54, 1.807) is 36.6 Å². The Morgan fingerprint density at radius 1 is 0.851 bits per heavy atom. The summed E-state index contributed by atoms with van der Waals surface area (Å²) in [7, 11) is 2.12. The number of primary amides is 1. The molecule has 0 aliphatic heterocycles. The summed E-state index contributed by atoms with van der Waals surface area (Å²) in [5.74, 6) is -7.56. The molecule has 0 fully saturated rings. The number of nitrogens with zero attached hydrogens (tertiary/aromatic N) is 1. The number of alkyl carbamates (subject to hydrolysis) is 1. The number of aliphatic carboxylic acids is 2. The average Bonchev–Trinajstić information content (AvgIpc) is 3.00. The molecule has 0 aliphatic carbocycles. The number of esters is 1. The van der Waals surface area contributed by atoms with Crippen LogP contribution < -0.4 is 21.7 Å². The van der Waals surface area contributed by atoms with Gasteiger partial charge in [-0.1, -0.05) is 30.3 Å². The Labute approximate surface area is 274 Å². The molecule has 0 unspecified atom stereocenters. The second kappa shape index (κ2) is 21.0. The molecule has 1 rings (SSSR count). The van der Waals surface area contributed by atoms with Gasteiger partial charge in [0.25, 0.3) is 0 Å². The van der Waals surface area contributed by atoms with Crippen molar-refractivity contribution in [1.82, 2.24) is 21.0 Å². The number of benzene rings is 1. The molecule has 19 heteroatoms. The number of carboxylic acids is 2. The molecule has 0 aliphatic rings. The molecule has 7 N–H and O–H groups in total. The number of rotatable bonds is 21. The van der Waals surface area contributed by atoms with E-state index in [0.717, 1.165) is 14.2 Å². The van der Waals surface area contributed by atoms with Gasteiger partial charge in [0.15, 0.2) is 0 Å². The van der Waals surface area contributed by atoms with Crippen LogP contribution in [0, 0.1) is 0 Å². The van der Waals surface area contributed by atoms with E-state index in [1.807, 2.05) is 0 Å². The van der Waals surface area contributed by atoms with Crippen LogP contribution >= 0.6 is 11.8 Å². The highest BCUT2D eigenvalue weighted by atomic mass is 32.2. The zero-order valence-electron chi connectivity index (χ0n) is 26.0. The van der Waals surface area contributed by atoms with Crippen LogP contribution in [0.5, 0.6) is 0 Å². The van der Waals surface area contributed by atoms with Crippen molar-refractivity contribution in [2.45, 2.75) is 62.9 Å². The number of hydroxylamine groups is 2. The van der Waals surface area contributed by atoms with Crippen molar-refractivity contribution in [2.75, 3.05) is 26.2 Å². The van der Waals surface area contributed by atoms with Crippen LogP contribution in [0.15, 0.2) is 30.3 Å². The lowest BCUT2D eigenvalue weighted by Crippen LogP contribution is -2.56. The van der Waals surface area contributed by atoms with Gasteiger partial charge in [-0.05, 0) is 30.4 Å². The SMILES string of the molecule is COC(=O)[C@H](CC(=O)O)NC(=O)[C@H](CCSC)NC(=O)[C@H](CCC(N)=O)N(C)OC(=O)[C@H](CC(=O)O)NC(=O)OCc1ccccc1. The molecule has 4 atom stereocenters. The topological polar surface area (TPSA) is 270 Å². The Morgan fingerprint density at radius 2 is 1.43 bits per heavy atom. The van der Waals surface area contributed by atoms with Crippen molar-refractivity contribution in [3.8, 4) is 0 Å². The fourth-order valence-electron chi connectivity index (χ4n) is 3.86. The summed E-state index contributed by atoms with van der Waals surface area (Å²) in [6.07, 6.45) is -1.82. The van der Waals surface area contributed by atoms with Crippen LogP contribution in [0.3, 0.4) is 0 Å². The Bertz CT molecular complexity index is 1270. The third kappa shape index (κ3) is 15.8. The molecule has 0 saturated carbocycles. The van der Waals surface area contributed by atoms with Crippen molar-refractivity contribution in [3.05, 3.63) is 35.9 Å². The summed E-state index contributed by atoms with van der Waals surface area (Å²) in [5, 5.41) is 25.9. The van der Waals surface area contributed by atoms with Crippen LogP contribution in [-0.4, -0.2) is 113 Å². The zero-order valence-corrected chi connectivity index (χ0v) is 26.8. The highest BCUT2D eigenvalue weighted by Crippen LogP contribution is 2.12. The van der Waals surface area contributed by atoms with Crippen LogP contribution in [0.25, 0.3) is 0 Å². The van der Waals surface area contributed by atoms with Gasteiger partial charge in [0.05, 0.1) is 20.0 Å². The Kier molecular flexibility index (Phi) is 17.9. The Balaban J connectivity index is 3.11. The Morgan fingerprint density at radius 3 is 1.96 bits per heavy atom. The standard InChI is InChI=1S/C28H39N5O13S/c1-33(46-27(42)19(14-23(37)38)32-28(43)45-15-16-7-5-4-6-8-16)20(9-10-21(29)34)25(40)30-17(11-12-47-3)24(39)31-18(13-22(35)36)26(41)44-2/h4-8,17-20H,9-15H2,1-3H3,(H2,29,34)(H,30,40)(H,31,39)(H,32,43)(H,35,36)(H,37,38)/t17-,18-,19-,20-/m0/s1. The van der Waals surface area contributed by atoms with Gasteiger partial charge in [-0.25, -0.2) is 14.4 Å². The molecule has 1 aromatic rings. The number of carboxylic acid groups (broad SMARTS) is 2. The number of nitrogens with two attached hydrogens (primary N) is 1. The summed E-state index contributed by atoms with van der Waals surface area (Å²) in [4.78, 5) is 103. The van der Waals surface area contributed by atoms with Gasteiger partial charge >= 0.3 is 30.0 Å². The number of carbonyl (C=O) groups is 8. The molecule has 0 radical (unpaired) electrons. The number of thioether (sulfide) groups is 1. The molecule has 4 amide bonds. The first-order valence-corrected chi connectivity index (χ1v) is 15.4. The maximum Gasteiger partial charge on any atom is 0.408 e. The second-order valence-electron chi connectivity index (χ2n) is 9.86. The van der Waals surface area contributed by atoms with Gasteiger partial charge < -0.3 is 46.2 Å². The lowest BCUT2D eigenvalue weighted by Gasteiger charge is -2.29. The van der Waals surface area contributed by atoms with E-state index >= 15 is 0 Å². The molecular formula is C28H39N5O13S. The van der Waals surface area contributed by atoms with Crippen LogP contribution in [0.2, 0.25) is 0 Å². The molecule has 0 bridgehead atoms. The van der Waals surface area contributed by atoms with Gasteiger partial charge in [0.2, 0.25) is 17.7 Å². The summed E-state index contributed by atoms with van der Waals surface area (Å²) in [5.41, 5.74) is 5.86. The predicted octanol–water partition coefficient (Wildman–Crippen LogP) is -0.849. The number of amides is 4. The van der Waals surface area contributed by atoms with Crippen molar-refractivity contribution < 1.29 is 62.9 Å². The van der Waals surface area contributed by atoms with Crippen molar-refractivity contribution in [1.29, 1.82) is 0 Å². The van der Waals surface area contributed by atoms with Crippen LogP contribution in [0.1, 0.15) is 37.7 Å². The highest BCUT2D eigenvalue weighted by molar-refractivity contribution is 7.98. The van der Waals surface area contributed by atoms with Crippen molar-refractivity contribution >= 4 is 59.5 Å². The number of carbonyl (C=O) groups excluding carboxylic acids is 6. The summed E-state index contributed by atoms with van der Waals surface area (Å²) < 4.78 is 9.57. The number of nitrogens with one attached hydrogen (secondary N) is 3. The maximum absolute atomic E-state index is 13.4. The first-order chi connectivity index (χ1) is 22.2. The largest absolute Gasteiger partial charge is 0.481 e. The minimum absolute atomic E-state index is 0.0153. The van der Waals surface area contributed by atoms with Gasteiger partial charge in [-0.2, -0.15) is 11.8 Å². The first kappa shape index (κ1) is 40.1. The molecule has 1 aromatic carbocycles. The summed E-state index contributed by atoms with van der Waals surface area (Å²) >= 11 is 1.32. The Hall–Kier alpha value is -4.91. The smallest absolute Gasteiger partial charge is 0.408 e. The average molecular weight is 686 g/mol. The molecule has 0 saturated heterocycles. The zero-order chi connectivity index (χ0) is 35.5. The summed E-state index contributed by atoms with van der Waals surface area (Å²) in [6, 6.07) is 2.39. The van der Waals surface area contributed by atoms with Gasteiger partial charge in [0.1, 0.15) is 30.8 Å². The van der Waals surface area contributed by atoms with Gasteiger partial charge in [0, 0.05) is 13.5 Å². The molecule has 0 spiro atoms. The number of hydrogen-bond donors (Lipinski definition) is 6. The molecule has 260 valence electrons. The van der Waals surface area contributed by atoms with E-state index in [4.69, 9.17) is 20.4 Å². The fourth-order valence-corrected chi connectivity index (χ4v) is 4.33. The van der Waals surface area contributed by atoms with Gasteiger partial charge in [-0.15, -0.1) is 5.06 Å². The minimum atomic E-state index is -1.76. The molecule has 18 nitrogen and oxygen atoms in total. The molecular weight excluding hydrogens is 646 g/mol. The minimum Gasteiger partial charge on any atom is -0.481 e. The summed E-state index contributed by atoms with van der Waals surface area (Å²) in [6.45, 7) is -0.182. The number of hydrogen-bond acceptors (Lipinski definition) is 13. The van der Waals surface area contributed by atoms with E-state index in [0.29, 0.717) is 16.4 Å². The first-order valence-electron chi connectivity index (χ1n) is 14.0. The third-order valence-corrected chi connectivity index (χ3v) is 6.88. The van der Waals surface area contributed by atoms with E-state index in [2.05, 4.69) is 20.7 Å². The van der Waals surface area contributed by atoms with Gasteiger partial charge in [-0.3, -0.25) is 24.0 Å². The van der Waals surface area contributed by atoms with E-state index in [1.165, 1.54) is 11.8 Å². The van der Waals surface area contributed by atoms with Crippen LogP contribution in [0.4, 0.5) is 4.79 Å². The highest BCUT2D eigenvalue weighted by Gasteiger charge is 2.34. The molecule has 0 heterocycles. The van der Waals surface area contributed by atoms with Crippen LogP contribution in [-0.2, 0) is 54.5 Å². The third-order valence-electron chi connectivity index (χ3n) is 6.23. The molecule has 47 heavy (non-hydrogen) atoms. The maximum atomic E-state index is 13.4. The number of likely N-dealkylation sites (N-methyl/N-ethyl adjacent to an activating group) is 1. The van der Waals surface area contributed by atoms with Crippen molar-refractivity contribution in [2.24, 2.45) is 5.73 Å². The van der Waals surface area contributed by atoms with Crippen molar-refractivity contribution in [3.63, 3.8) is 0 Å². The monoisotopic (exact) mass is 685 g/mol. The lowest BCUT2D eigenvalue weighted by atomic mass is 10.1.